The Morgan fingerprint density at radius 3 is 2.56 bits per heavy atom. The average Bonchev–Trinajstić information content (AvgIpc) is 3.36. The predicted octanol–water partition coefficient (Wildman–Crippen LogP) is -1.26. The Kier molecular flexibility index (Phi) is 8.64. The molecule has 13 heteroatoms. The van der Waals surface area contributed by atoms with Crippen LogP contribution in [0.4, 0.5) is 11.4 Å². The molecule has 2 heterocycles. The first-order valence-corrected chi connectivity index (χ1v) is 12.2. The molecule has 4 amide bonds. The number of Topliss-reactive ketones (excluding diaryl/α,β-unsaturated/α-hetero) is 1. The Morgan fingerprint density at radius 2 is 1.87 bits per heavy atom. The standard InChI is InChI=1S/C26H28N4O9/c1-15(33)8-17(12-31)27-23(34)11-30-20-5-3-2-4-19(20)29(24(35)13-32)10-18(26(30)37)28-25(36)16-6-7-21-22(9-16)39-14-38-21/h2-7,9,12,17-18,21-22,32H,8,10-11,13-14H2,1H3,(H,27,34)(H,28,36)/t17-,18-,21?,22?/m0/s1. The summed E-state index contributed by atoms with van der Waals surface area (Å²) in [5.74, 6) is -3.08. The molecule has 39 heavy (non-hydrogen) atoms. The summed E-state index contributed by atoms with van der Waals surface area (Å²) in [6.07, 6.45) is 4.21. The van der Waals surface area contributed by atoms with Crippen LogP contribution < -0.4 is 20.4 Å². The second kappa shape index (κ2) is 12.1. The molecule has 1 aromatic rings. The van der Waals surface area contributed by atoms with Crippen LogP contribution >= 0.6 is 0 Å². The van der Waals surface area contributed by atoms with Crippen molar-refractivity contribution in [3.8, 4) is 0 Å². The van der Waals surface area contributed by atoms with Crippen LogP contribution in [0.5, 0.6) is 0 Å². The zero-order valence-electron chi connectivity index (χ0n) is 21.1. The van der Waals surface area contributed by atoms with Crippen molar-refractivity contribution in [2.75, 3.05) is 36.3 Å². The van der Waals surface area contributed by atoms with Crippen molar-refractivity contribution in [1.29, 1.82) is 0 Å². The van der Waals surface area contributed by atoms with Gasteiger partial charge in [-0.25, -0.2) is 0 Å². The highest BCUT2D eigenvalue weighted by Gasteiger charge is 2.38. The SMILES string of the molecule is CC(=O)C[C@@H](C=O)NC(=O)CN1C(=O)[C@@H](NC(=O)C2=CC3OCOC3C=C2)CN(C(=O)CO)c2ccccc21. The minimum absolute atomic E-state index is 0.0804. The molecule has 1 aromatic carbocycles. The Labute approximate surface area is 223 Å². The van der Waals surface area contributed by atoms with E-state index in [2.05, 4.69) is 10.6 Å². The average molecular weight is 541 g/mol. The third-order valence-electron chi connectivity index (χ3n) is 6.37. The number of carbonyl (C=O) groups excluding carboxylic acids is 6. The van der Waals surface area contributed by atoms with Gasteiger partial charge in [-0.1, -0.05) is 24.3 Å². The molecule has 206 valence electrons. The number of nitrogens with one attached hydrogen (secondary N) is 2. The Hall–Kier alpha value is -4.20. The smallest absolute Gasteiger partial charge is 0.252 e. The van der Waals surface area contributed by atoms with E-state index in [1.807, 2.05) is 0 Å². The molecule has 3 N–H and O–H groups in total. The molecule has 0 radical (unpaired) electrons. The number of fused-ring (bicyclic) bond motifs is 2. The lowest BCUT2D eigenvalue weighted by Crippen LogP contribution is -2.55. The van der Waals surface area contributed by atoms with Crippen LogP contribution in [0.2, 0.25) is 0 Å². The van der Waals surface area contributed by atoms with Gasteiger partial charge in [0.25, 0.3) is 17.7 Å². The predicted molar refractivity (Wildman–Crippen MR) is 135 cm³/mol. The van der Waals surface area contributed by atoms with Crippen molar-refractivity contribution in [3.05, 3.63) is 48.1 Å². The van der Waals surface area contributed by atoms with E-state index in [1.54, 1.807) is 30.4 Å². The lowest BCUT2D eigenvalue weighted by molar-refractivity contribution is -0.128. The largest absolute Gasteiger partial charge is 0.387 e. The molecule has 2 unspecified atom stereocenters. The molecule has 4 atom stereocenters. The summed E-state index contributed by atoms with van der Waals surface area (Å²) in [5.41, 5.74) is 0.640. The third kappa shape index (κ3) is 6.28. The Balaban J connectivity index is 1.62. The fourth-order valence-electron chi connectivity index (χ4n) is 4.54. The van der Waals surface area contributed by atoms with Crippen molar-refractivity contribution in [2.45, 2.75) is 37.6 Å². The summed E-state index contributed by atoms with van der Waals surface area (Å²) in [5, 5.41) is 14.6. The van der Waals surface area contributed by atoms with E-state index in [1.165, 1.54) is 19.1 Å². The van der Waals surface area contributed by atoms with Crippen LogP contribution in [-0.2, 0) is 38.2 Å². The van der Waals surface area contributed by atoms with Crippen LogP contribution in [0.1, 0.15) is 13.3 Å². The second-order valence-corrected chi connectivity index (χ2v) is 9.18. The number of nitrogens with zero attached hydrogens (tertiary/aromatic N) is 2. The van der Waals surface area contributed by atoms with Crippen molar-refractivity contribution in [3.63, 3.8) is 0 Å². The van der Waals surface area contributed by atoms with Gasteiger partial charge in [-0.05, 0) is 25.1 Å². The number of para-hydroxylation sites is 2. The Morgan fingerprint density at radius 1 is 1.15 bits per heavy atom. The molecular formula is C26H28N4O9. The van der Waals surface area contributed by atoms with Gasteiger partial charge >= 0.3 is 0 Å². The number of ether oxygens (including phenoxy) is 2. The summed E-state index contributed by atoms with van der Waals surface area (Å²) in [4.78, 5) is 77.5. The first-order valence-electron chi connectivity index (χ1n) is 12.2. The molecule has 0 spiro atoms. The van der Waals surface area contributed by atoms with E-state index in [0.29, 0.717) is 6.29 Å². The quantitative estimate of drug-likeness (QED) is 0.324. The highest BCUT2D eigenvalue weighted by Crippen LogP contribution is 2.33. The zero-order chi connectivity index (χ0) is 28.1. The van der Waals surface area contributed by atoms with Crippen LogP contribution in [-0.4, -0.2) is 91.6 Å². The third-order valence-corrected chi connectivity index (χ3v) is 6.37. The first kappa shape index (κ1) is 27.8. The van der Waals surface area contributed by atoms with Gasteiger partial charge in [-0.15, -0.1) is 0 Å². The number of amides is 4. The van der Waals surface area contributed by atoms with Gasteiger partial charge in [0.1, 0.15) is 50.3 Å². The lowest BCUT2D eigenvalue weighted by atomic mass is 10.0. The number of carbonyl (C=O) groups is 6. The summed E-state index contributed by atoms with van der Waals surface area (Å²) in [6.45, 7) is -0.381. The molecule has 13 nitrogen and oxygen atoms in total. The maximum Gasteiger partial charge on any atom is 0.252 e. The number of aliphatic hydroxyl groups is 1. The van der Waals surface area contributed by atoms with E-state index < -0.39 is 55.0 Å². The monoisotopic (exact) mass is 540 g/mol. The number of aliphatic hydroxyl groups excluding tert-OH is 1. The van der Waals surface area contributed by atoms with Gasteiger partial charge in [0.15, 0.2) is 0 Å². The maximum atomic E-state index is 13.8. The normalized spacial score (nSPS) is 22.7. The minimum atomic E-state index is -1.31. The van der Waals surface area contributed by atoms with E-state index in [9.17, 15) is 33.9 Å². The fourth-order valence-corrected chi connectivity index (χ4v) is 4.54. The van der Waals surface area contributed by atoms with Gasteiger partial charge in [0.05, 0.1) is 24.0 Å². The maximum absolute atomic E-state index is 13.8. The highest BCUT2D eigenvalue weighted by molar-refractivity contribution is 6.11. The fraction of sp³-hybridized carbons (Fsp3) is 0.385. The second-order valence-electron chi connectivity index (χ2n) is 9.18. The topological polar surface area (TPSA) is 172 Å². The molecule has 2 aliphatic heterocycles. The van der Waals surface area contributed by atoms with Gasteiger partial charge in [0, 0.05) is 12.0 Å². The lowest BCUT2D eigenvalue weighted by Gasteiger charge is -2.26. The van der Waals surface area contributed by atoms with E-state index in [4.69, 9.17) is 9.47 Å². The molecule has 3 aliphatic rings. The molecular weight excluding hydrogens is 512 g/mol. The van der Waals surface area contributed by atoms with Crippen molar-refractivity contribution in [1.82, 2.24) is 10.6 Å². The molecule has 0 saturated carbocycles. The summed E-state index contributed by atoms with van der Waals surface area (Å²) >= 11 is 0. The number of benzene rings is 1. The molecule has 1 saturated heterocycles. The van der Waals surface area contributed by atoms with Gasteiger partial charge in [-0.3, -0.25) is 28.9 Å². The van der Waals surface area contributed by atoms with Crippen molar-refractivity contribution < 1.29 is 43.3 Å². The number of rotatable bonds is 9. The summed E-state index contributed by atoms with van der Waals surface area (Å²) in [7, 11) is 0. The number of aldehydes is 1. The number of anilines is 2. The Bertz CT molecular complexity index is 1240. The van der Waals surface area contributed by atoms with Crippen LogP contribution in [0.15, 0.2) is 48.1 Å². The van der Waals surface area contributed by atoms with Crippen LogP contribution in [0.3, 0.4) is 0 Å². The zero-order valence-corrected chi connectivity index (χ0v) is 21.1. The first-order chi connectivity index (χ1) is 18.7. The van der Waals surface area contributed by atoms with Crippen LogP contribution in [0, 0.1) is 0 Å². The highest BCUT2D eigenvalue weighted by atomic mass is 16.7. The number of ketones is 1. The molecule has 0 aromatic heterocycles. The van der Waals surface area contributed by atoms with Crippen molar-refractivity contribution >= 4 is 47.1 Å². The molecule has 0 bridgehead atoms. The number of hydrogen-bond acceptors (Lipinski definition) is 9. The van der Waals surface area contributed by atoms with E-state index in [-0.39, 0.29) is 48.6 Å². The van der Waals surface area contributed by atoms with Gasteiger partial charge in [-0.2, -0.15) is 0 Å². The van der Waals surface area contributed by atoms with E-state index in [0.717, 1.165) is 9.80 Å². The van der Waals surface area contributed by atoms with Gasteiger partial charge in [0.2, 0.25) is 5.91 Å². The summed E-state index contributed by atoms with van der Waals surface area (Å²) < 4.78 is 10.8. The molecule has 1 fully saturated rings. The molecule has 4 rings (SSSR count). The summed E-state index contributed by atoms with van der Waals surface area (Å²) in [6, 6.07) is 3.88. The van der Waals surface area contributed by atoms with E-state index >= 15 is 0 Å². The minimum Gasteiger partial charge on any atom is -0.387 e. The number of hydrogen-bond donors (Lipinski definition) is 3. The van der Waals surface area contributed by atoms with Gasteiger partial charge < -0.3 is 34.9 Å². The molecule has 1 aliphatic carbocycles. The van der Waals surface area contributed by atoms with Crippen LogP contribution in [0.25, 0.3) is 0 Å². The van der Waals surface area contributed by atoms with Crippen molar-refractivity contribution in [2.24, 2.45) is 0 Å².